The number of aromatic amines is 1. The number of Topliss-reactive ketones (excluding diaryl/α,β-unsaturated/α-hetero) is 1. The maximum Gasteiger partial charge on any atom is 0.302 e. The average Bonchev–Trinajstić information content (AvgIpc) is 3.53. The molecule has 1 aliphatic rings. The van der Waals surface area contributed by atoms with Gasteiger partial charge < -0.3 is 19.2 Å². The van der Waals surface area contributed by atoms with Crippen LogP contribution in [0.4, 0.5) is 5.95 Å². The van der Waals surface area contributed by atoms with Gasteiger partial charge in [-0.25, -0.2) is 4.98 Å². The normalized spacial score (nSPS) is 17.6. The molecule has 8 nitrogen and oxygen atoms in total. The Morgan fingerprint density at radius 3 is 2.71 bits per heavy atom. The first-order valence-electron chi connectivity index (χ1n) is 10.9. The lowest BCUT2D eigenvalue weighted by molar-refractivity contribution is -0.132. The maximum atomic E-state index is 13.2. The summed E-state index contributed by atoms with van der Waals surface area (Å²) in [6.45, 7) is 6.19. The number of furan rings is 1. The molecule has 0 bridgehead atoms. The van der Waals surface area contributed by atoms with Crippen molar-refractivity contribution in [3.05, 3.63) is 82.8 Å². The van der Waals surface area contributed by atoms with Crippen LogP contribution >= 0.6 is 0 Å². The number of H-pyrrole nitrogens is 1. The van der Waals surface area contributed by atoms with E-state index < -0.39 is 17.7 Å². The Morgan fingerprint density at radius 2 is 2.00 bits per heavy atom. The molecule has 172 valence electrons. The molecule has 1 unspecified atom stereocenters. The SMILES string of the molecule is CCOc1ccc(/C(O)=C2\C(=O)C(=O)N(c3nc4ccc(C)cc4[nH]3)C2c2ccco2)cc1C. The summed E-state index contributed by atoms with van der Waals surface area (Å²) in [6.07, 6.45) is 1.46. The molecule has 8 heteroatoms. The molecular formula is C26H23N3O5. The number of aliphatic hydroxyl groups excluding tert-OH is 1. The summed E-state index contributed by atoms with van der Waals surface area (Å²) >= 11 is 0. The highest BCUT2D eigenvalue weighted by atomic mass is 16.5. The van der Waals surface area contributed by atoms with Gasteiger partial charge in [-0.3, -0.25) is 14.5 Å². The monoisotopic (exact) mass is 457 g/mol. The minimum absolute atomic E-state index is 0.0693. The van der Waals surface area contributed by atoms with Gasteiger partial charge in [0, 0.05) is 5.56 Å². The number of hydrogen-bond donors (Lipinski definition) is 2. The summed E-state index contributed by atoms with van der Waals surface area (Å²) in [5, 5.41) is 11.2. The average molecular weight is 457 g/mol. The number of hydrogen-bond acceptors (Lipinski definition) is 6. The van der Waals surface area contributed by atoms with Crippen molar-refractivity contribution in [2.24, 2.45) is 0 Å². The standard InChI is InChI=1S/C26H23N3O5/c1-4-33-19-10-8-16(13-15(19)3)23(30)21-22(20-6-5-11-34-20)29(25(32)24(21)31)26-27-17-9-7-14(2)12-18(17)28-26/h5-13,22,30H,4H2,1-3H3,(H,27,28)/b23-21+. The minimum Gasteiger partial charge on any atom is -0.507 e. The fraction of sp³-hybridized carbons (Fsp3) is 0.192. The Morgan fingerprint density at radius 1 is 1.18 bits per heavy atom. The zero-order chi connectivity index (χ0) is 24.0. The fourth-order valence-electron chi connectivity index (χ4n) is 4.26. The van der Waals surface area contributed by atoms with Crippen molar-refractivity contribution in [2.45, 2.75) is 26.8 Å². The first kappa shape index (κ1) is 21.5. The van der Waals surface area contributed by atoms with Crippen LogP contribution in [-0.4, -0.2) is 33.4 Å². The maximum absolute atomic E-state index is 13.2. The number of fused-ring (bicyclic) bond motifs is 1. The number of nitrogens with zero attached hydrogens (tertiary/aromatic N) is 2. The van der Waals surface area contributed by atoms with Gasteiger partial charge in [-0.1, -0.05) is 6.07 Å². The Kier molecular flexibility index (Phi) is 5.20. The van der Waals surface area contributed by atoms with Gasteiger partial charge in [-0.15, -0.1) is 0 Å². The topological polar surface area (TPSA) is 109 Å². The molecule has 2 N–H and O–H groups in total. The van der Waals surface area contributed by atoms with E-state index in [0.29, 0.717) is 29.2 Å². The number of carbonyl (C=O) groups excluding carboxylic acids is 2. The third-order valence-corrected chi connectivity index (χ3v) is 5.86. The number of imidazole rings is 1. The van der Waals surface area contributed by atoms with Crippen molar-refractivity contribution in [3.8, 4) is 5.75 Å². The van der Waals surface area contributed by atoms with Crippen LogP contribution in [0.15, 0.2) is 64.8 Å². The van der Waals surface area contributed by atoms with E-state index in [0.717, 1.165) is 16.6 Å². The van der Waals surface area contributed by atoms with Gasteiger partial charge in [-0.2, -0.15) is 0 Å². The number of aryl methyl sites for hydroxylation is 2. The fourth-order valence-corrected chi connectivity index (χ4v) is 4.26. The quantitative estimate of drug-likeness (QED) is 0.253. The highest BCUT2D eigenvalue weighted by molar-refractivity contribution is 6.51. The van der Waals surface area contributed by atoms with Crippen molar-refractivity contribution < 1.29 is 23.8 Å². The first-order valence-corrected chi connectivity index (χ1v) is 10.9. The van der Waals surface area contributed by atoms with Crippen LogP contribution in [0.25, 0.3) is 16.8 Å². The molecule has 2 aromatic carbocycles. The van der Waals surface area contributed by atoms with Gasteiger partial charge >= 0.3 is 5.91 Å². The highest BCUT2D eigenvalue weighted by Crippen LogP contribution is 2.42. The summed E-state index contributed by atoms with van der Waals surface area (Å²) in [4.78, 5) is 35.3. The molecule has 1 atom stereocenters. The van der Waals surface area contributed by atoms with E-state index in [1.54, 1.807) is 30.3 Å². The third kappa shape index (κ3) is 3.44. The summed E-state index contributed by atoms with van der Waals surface area (Å²) < 4.78 is 11.2. The van der Waals surface area contributed by atoms with Crippen LogP contribution in [0.1, 0.15) is 35.4 Å². The molecule has 0 aliphatic carbocycles. The lowest BCUT2D eigenvalue weighted by Gasteiger charge is -2.20. The zero-order valence-electron chi connectivity index (χ0n) is 19.0. The Hall–Kier alpha value is -4.33. The van der Waals surface area contributed by atoms with E-state index >= 15 is 0 Å². The van der Waals surface area contributed by atoms with E-state index in [1.807, 2.05) is 39.0 Å². The summed E-state index contributed by atoms with van der Waals surface area (Å²) in [5.41, 5.74) is 3.54. The molecule has 34 heavy (non-hydrogen) atoms. The Balaban J connectivity index is 1.67. The molecule has 0 saturated carbocycles. The first-order chi connectivity index (χ1) is 16.4. The molecule has 0 radical (unpaired) electrons. The van der Waals surface area contributed by atoms with Gasteiger partial charge in [0.25, 0.3) is 5.78 Å². The molecule has 1 aliphatic heterocycles. The van der Waals surface area contributed by atoms with Crippen LogP contribution in [0.2, 0.25) is 0 Å². The lowest BCUT2D eigenvalue weighted by atomic mass is 9.98. The molecule has 5 rings (SSSR count). The van der Waals surface area contributed by atoms with Gasteiger partial charge in [0.2, 0.25) is 5.95 Å². The van der Waals surface area contributed by atoms with Crippen LogP contribution in [0.5, 0.6) is 5.75 Å². The summed E-state index contributed by atoms with van der Waals surface area (Å²) in [5.74, 6) is -0.700. The molecule has 3 heterocycles. The second kappa shape index (κ2) is 8.22. The number of aromatic nitrogens is 2. The number of ketones is 1. The van der Waals surface area contributed by atoms with E-state index in [4.69, 9.17) is 9.15 Å². The van der Waals surface area contributed by atoms with E-state index in [9.17, 15) is 14.7 Å². The number of carbonyl (C=O) groups is 2. The van der Waals surface area contributed by atoms with Gasteiger partial charge in [0.1, 0.15) is 23.3 Å². The lowest BCUT2D eigenvalue weighted by Crippen LogP contribution is -2.30. The molecule has 1 saturated heterocycles. The number of ether oxygens (including phenoxy) is 1. The number of benzene rings is 2. The predicted molar refractivity (Wildman–Crippen MR) is 127 cm³/mol. The number of nitrogens with one attached hydrogen (secondary N) is 1. The van der Waals surface area contributed by atoms with Gasteiger partial charge in [-0.05, 0) is 74.4 Å². The molecule has 2 aromatic heterocycles. The number of anilines is 1. The Labute approximate surface area is 195 Å². The summed E-state index contributed by atoms with van der Waals surface area (Å²) in [7, 11) is 0. The zero-order valence-corrected chi connectivity index (χ0v) is 19.0. The third-order valence-electron chi connectivity index (χ3n) is 5.86. The molecular weight excluding hydrogens is 434 g/mol. The van der Waals surface area contributed by atoms with Crippen LogP contribution in [0.3, 0.4) is 0 Å². The van der Waals surface area contributed by atoms with E-state index in [2.05, 4.69) is 9.97 Å². The van der Waals surface area contributed by atoms with Crippen molar-refractivity contribution >= 4 is 34.4 Å². The molecule has 1 amide bonds. The number of rotatable bonds is 5. The second-order valence-electron chi connectivity index (χ2n) is 8.18. The van der Waals surface area contributed by atoms with Crippen LogP contribution in [-0.2, 0) is 9.59 Å². The Bertz CT molecular complexity index is 1450. The smallest absolute Gasteiger partial charge is 0.302 e. The van der Waals surface area contributed by atoms with E-state index in [-0.39, 0.29) is 17.3 Å². The summed E-state index contributed by atoms with van der Waals surface area (Å²) in [6, 6.07) is 13.1. The number of aliphatic hydroxyl groups is 1. The van der Waals surface area contributed by atoms with Crippen molar-refractivity contribution in [1.82, 2.24) is 9.97 Å². The van der Waals surface area contributed by atoms with Gasteiger partial charge in [0.15, 0.2) is 0 Å². The van der Waals surface area contributed by atoms with Crippen LogP contribution < -0.4 is 9.64 Å². The largest absolute Gasteiger partial charge is 0.507 e. The number of amides is 1. The second-order valence-corrected chi connectivity index (χ2v) is 8.18. The van der Waals surface area contributed by atoms with Crippen molar-refractivity contribution in [3.63, 3.8) is 0 Å². The highest BCUT2D eigenvalue weighted by Gasteiger charge is 2.49. The molecule has 1 fully saturated rings. The minimum atomic E-state index is -0.983. The van der Waals surface area contributed by atoms with Crippen molar-refractivity contribution in [1.29, 1.82) is 0 Å². The van der Waals surface area contributed by atoms with Crippen molar-refractivity contribution in [2.75, 3.05) is 11.5 Å². The van der Waals surface area contributed by atoms with E-state index in [1.165, 1.54) is 11.2 Å². The molecule has 0 spiro atoms. The molecule has 4 aromatic rings. The van der Waals surface area contributed by atoms with Gasteiger partial charge in [0.05, 0.1) is 29.5 Å². The predicted octanol–water partition coefficient (Wildman–Crippen LogP) is 4.80. The van der Waals surface area contributed by atoms with Crippen LogP contribution in [0, 0.1) is 13.8 Å².